The molecule has 2 aromatic rings. The van der Waals surface area contributed by atoms with E-state index in [-0.39, 0.29) is 11.8 Å². The number of rotatable bonds is 14. The Labute approximate surface area is 234 Å². The third kappa shape index (κ3) is 11.5. The highest BCUT2D eigenvalue weighted by molar-refractivity contribution is 5.92. The molecular weight excluding hydrogens is 490 g/mol. The summed E-state index contributed by atoms with van der Waals surface area (Å²) in [7, 11) is 0. The van der Waals surface area contributed by atoms with E-state index >= 15 is 0 Å². The van der Waals surface area contributed by atoms with Gasteiger partial charge < -0.3 is 20.3 Å². The van der Waals surface area contributed by atoms with E-state index in [1.165, 1.54) is 6.42 Å². The van der Waals surface area contributed by atoms with Gasteiger partial charge in [0.05, 0.1) is 0 Å². The van der Waals surface area contributed by atoms with Gasteiger partial charge in [-0.1, -0.05) is 99.2 Å². The number of ether oxygens (including phenoxy) is 1. The number of amides is 3. The minimum atomic E-state index is -0.867. The smallest absolute Gasteiger partial charge is 0.408 e. The number of hydrogen-bond donors (Lipinski definition) is 2. The fraction of sp³-hybridized carbons (Fsp3) is 0.531. The summed E-state index contributed by atoms with van der Waals surface area (Å²) < 4.78 is 5.37. The van der Waals surface area contributed by atoms with Crippen molar-refractivity contribution in [3.63, 3.8) is 0 Å². The van der Waals surface area contributed by atoms with Gasteiger partial charge in [0.2, 0.25) is 11.8 Å². The summed E-state index contributed by atoms with van der Waals surface area (Å²) in [6.45, 7) is 11.9. The molecule has 2 unspecified atom stereocenters. The normalized spacial score (nSPS) is 12.8. The number of benzene rings is 2. The fourth-order valence-corrected chi connectivity index (χ4v) is 4.42. The largest absolute Gasteiger partial charge is 0.444 e. The lowest BCUT2D eigenvalue weighted by molar-refractivity contribution is -0.142. The molecule has 0 saturated carbocycles. The number of carbonyl (C=O) groups is 3. The zero-order valence-corrected chi connectivity index (χ0v) is 24.6. The molecule has 0 radical (unpaired) electrons. The molecule has 3 amide bonds. The minimum absolute atomic E-state index is 0.256. The minimum Gasteiger partial charge on any atom is -0.444 e. The van der Waals surface area contributed by atoms with Crippen LogP contribution >= 0.6 is 0 Å². The molecule has 39 heavy (non-hydrogen) atoms. The van der Waals surface area contributed by atoms with E-state index in [1.807, 2.05) is 61.5 Å². The summed E-state index contributed by atoms with van der Waals surface area (Å²) in [6.07, 6.45) is 5.65. The van der Waals surface area contributed by atoms with Crippen molar-refractivity contribution in [1.82, 2.24) is 15.5 Å². The van der Waals surface area contributed by atoms with Crippen LogP contribution in [0, 0.1) is 6.92 Å². The molecule has 0 fully saturated rings. The van der Waals surface area contributed by atoms with Crippen LogP contribution in [0.15, 0.2) is 54.6 Å². The van der Waals surface area contributed by atoms with Crippen LogP contribution in [0.2, 0.25) is 0 Å². The molecule has 0 heterocycles. The maximum absolute atomic E-state index is 13.9. The Hall–Kier alpha value is -3.35. The van der Waals surface area contributed by atoms with Crippen molar-refractivity contribution in [3.05, 3.63) is 71.3 Å². The van der Waals surface area contributed by atoms with Crippen molar-refractivity contribution < 1.29 is 19.1 Å². The Morgan fingerprint density at radius 3 is 2.23 bits per heavy atom. The highest BCUT2D eigenvalue weighted by atomic mass is 16.6. The van der Waals surface area contributed by atoms with Gasteiger partial charge in [0.25, 0.3) is 0 Å². The van der Waals surface area contributed by atoms with Gasteiger partial charge >= 0.3 is 6.09 Å². The van der Waals surface area contributed by atoms with Gasteiger partial charge in [0, 0.05) is 13.1 Å². The maximum Gasteiger partial charge on any atom is 0.408 e. The van der Waals surface area contributed by atoms with Crippen LogP contribution in [0.3, 0.4) is 0 Å². The van der Waals surface area contributed by atoms with Crippen LogP contribution in [0.1, 0.15) is 95.9 Å². The zero-order valence-electron chi connectivity index (χ0n) is 24.6. The molecule has 7 nitrogen and oxygen atoms in total. The van der Waals surface area contributed by atoms with Gasteiger partial charge in [-0.15, -0.1) is 0 Å². The average Bonchev–Trinajstić information content (AvgIpc) is 2.87. The number of nitrogens with zero attached hydrogens (tertiary/aromatic N) is 1. The SMILES string of the molecule is CCCCCCCCN(C(=O)C(C)NC(=O)OC(C)(C)C)C(C(=O)NCc1ccccc1)c1cccc(C)c1. The number of alkyl carbamates (subject to hydrolysis) is 1. The zero-order chi connectivity index (χ0) is 28.8. The van der Waals surface area contributed by atoms with Crippen molar-refractivity contribution in [2.45, 2.75) is 104 Å². The lowest BCUT2D eigenvalue weighted by atomic mass is 10.00. The van der Waals surface area contributed by atoms with Crippen LogP contribution in [0.5, 0.6) is 0 Å². The molecule has 0 spiro atoms. The second-order valence-corrected chi connectivity index (χ2v) is 11.2. The fourth-order valence-electron chi connectivity index (χ4n) is 4.42. The molecule has 2 aromatic carbocycles. The lowest BCUT2D eigenvalue weighted by Gasteiger charge is -2.34. The van der Waals surface area contributed by atoms with Crippen molar-refractivity contribution >= 4 is 17.9 Å². The number of nitrogens with one attached hydrogen (secondary N) is 2. The van der Waals surface area contributed by atoms with E-state index in [0.717, 1.165) is 48.8 Å². The average molecular weight is 538 g/mol. The first-order valence-electron chi connectivity index (χ1n) is 14.2. The van der Waals surface area contributed by atoms with Crippen LogP contribution < -0.4 is 10.6 Å². The summed E-state index contributed by atoms with van der Waals surface area (Å²) in [5.74, 6) is -0.580. The third-order valence-electron chi connectivity index (χ3n) is 6.37. The summed E-state index contributed by atoms with van der Waals surface area (Å²) in [5, 5.41) is 5.70. The number of aryl methyl sites for hydroxylation is 1. The van der Waals surface area contributed by atoms with E-state index in [9.17, 15) is 14.4 Å². The van der Waals surface area contributed by atoms with Crippen LogP contribution in [0.25, 0.3) is 0 Å². The Kier molecular flexibility index (Phi) is 13.0. The first-order chi connectivity index (χ1) is 18.5. The van der Waals surface area contributed by atoms with Crippen molar-refractivity contribution in [1.29, 1.82) is 0 Å². The molecule has 0 aliphatic carbocycles. The standard InChI is InChI=1S/C32H47N3O4/c1-7-8-9-10-11-15-21-35(30(37)25(3)34-31(38)39-32(4,5)6)28(27-20-16-17-24(2)22-27)29(36)33-23-26-18-13-12-14-19-26/h12-14,16-20,22,25,28H,7-11,15,21,23H2,1-6H3,(H,33,36)(H,34,38). The molecule has 2 rings (SSSR count). The lowest BCUT2D eigenvalue weighted by Crippen LogP contribution is -2.52. The highest BCUT2D eigenvalue weighted by Gasteiger charge is 2.34. The van der Waals surface area contributed by atoms with Crippen LogP contribution in [0.4, 0.5) is 4.79 Å². The van der Waals surface area contributed by atoms with Crippen molar-refractivity contribution in [2.24, 2.45) is 0 Å². The molecule has 0 aliphatic rings. The van der Waals surface area contributed by atoms with E-state index in [2.05, 4.69) is 17.6 Å². The van der Waals surface area contributed by atoms with Crippen LogP contribution in [-0.2, 0) is 20.9 Å². The van der Waals surface area contributed by atoms with E-state index in [4.69, 9.17) is 4.74 Å². The van der Waals surface area contributed by atoms with Gasteiger partial charge in [0.15, 0.2) is 0 Å². The number of hydrogen-bond acceptors (Lipinski definition) is 4. The van der Waals surface area contributed by atoms with Gasteiger partial charge in [-0.05, 0) is 52.2 Å². The summed E-state index contributed by atoms with van der Waals surface area (Å²) >= 11 is 0. The summed E-state index contributed by atoms with van der Waals surface area (Å²) in [4.78, 5) is 41.7. The third-order valence-corrected chi connectivity index (χ3v) is 6.37. The van der Waals surface area contributed by atoms with Gasteiger partial charge in [0.1, 0.15) is 17.7 Å². The molecular formula is C32H47N3O4. The quantitative estimate of drug-likeness (QED) is 0.271. The first kappa shape index (κ1) is 31.9. The number of unbranched alkanes of at least 4 members (excludes halogenated alkanes) is 5. The summed E-state index contributed by atoms with van der Waals surface area (Å²) in [5.41, 5.74) is 2.03. The highest BCUT2D eigenvalue weighted by Crippen LogP contribution is 2.25. The maximum atomic E-state index is 13.9. The topological polar surface area (TPSA) is 87.7 Å². The van der Waals surface area contributed by atoms with E-state index in [0.29, 0.717) is 13.1 Å². The van der Waals surface area contributed by atoms with E-state index in [1.54, 1.807) is 32.6 Å². The monoisotopic (exact) mass is 537 g/mol. The second kappa shape index (κ2) is 15.9. The Balaban J connectivity index is 2.32. The first-order valence-corrected chi connectivity index (χ1v) is 14.2. The predicted octanol–water partition coefficient (Wildman–Crippen LogP) is 6.45. The number of carbonyl (C=O) groups excluding carboxylic acids is 3. The predicted molar refractivity (Wildman–Crippen MR) is 156 cm³/mol. The molecule has 7 heteroatoms. The molecule has 214 valence electrons. The Morgan fingerprint density at radius 1 is 0.923 bits per heavy atom. The molecule has 0 bridgehead atoms. The Morgan fingerprint density at radius 2 is 1.59 bits per heavy atom. The Bertz CT molecular complexity index is 1050. The second-order valence-electron chi connectivity index (χ2n) is 11.2. The van der Waals surface area contributed by atoms with Gasteiger partial charge in [-0.2, -0.15) is 0 Å². The molecule has 0 aliphatic heterocycles. The van der Waals surface area contributed by atoms with Gasteiger partial charge in [-0.3, -0.25) is 9.59 Å². The van der Waals surface area contributed by atoms with Crippen molar-refractivity contribution in [3.8, 4) is 0 Å². The summed E-state index contributed by atoms with van der Waals surface area (Å²) in [6, 6.07) is 15.7. The molecule has 2 atom stereocenters. The van der Waals surface area contributed by atoms with E-state index < -0.39 is 23.8 Å². The van der Waals surface area contributed by atoms with Crippen molar-refractivity contribution in [2.75, 3.05) is 6.54 Å². The molecule has 0 saturated heterocycles. The van der Waals surface area contributed by atoms with Gasteiger partial charge in [-0.25, -0.2) is 4.79 Å². The molecule has 0 aromatic heterocycles. The molecule has 2 N–H and O–H groups in total. The van der Waals surface area contributed by atoms with Crippen LogP contribution in [-0.4, -0.2) is 41.0 Å².